The minimum absolute atomic E-state index is 0. The van der Waals surface area contributed by atoms with E-state index in [4.69, 9.17) is 9.47 Å². The van der Waals surface area contributed by atoms with Crippen molar-refractivity contribution >= 4 is 29.4 Å². The summed E-state index contributed by atoms with van der Waals surface area (Å²) >= 11 is 0. The van der Waals surface area contributed by atoms with Gasteiger partial charge in [-0.3, -0.25) is 4.79 Å². The van der Waals surface area contributed by atoms with Crippen molar-refractivity contribution in [1.82, 2.24) is 9.55 Å². The third kappa shape index (κ3) is 3.29. The van der Waals surface area contributed by atoms with Crippen LogP contribution in [0.3, 0.4) is 0 Å². The largest absolute Gasteiger partial charge is 0.497 e. The summed E-state index contributed by atoms with van der Waals surface area (Å²) in [6.45, 7) is 0.123. The first kappa shape index (κ1) is 16.8. The van der Waals surface area contributed by atoms with Crippen LogP contribution in [0.2, 0.25) is 0 Å². The molecule has 0 fully saturated rings. The molecule has 0 saturated heterocycles. The lowest BCUT2D eigenvalue weighted by Gasteiger charge is -2.09. The van der Waals surface area contributed by atoms with Crippen LogP contribution >= 0.6 is 12.4 Å². The molecule has 1 aromatic carbocycles. The summed E-state index contributed by atoms with van der Waals surface area (Å²) in [5.74, 6) is 0.482. The maximum absolute atomic E-state index is 11.7. The Morgan fingerprint density at radius 3 is 2.57 bits per heavy atom. The molecule has 0 radical (unpaired) electrons. The molecule has 0 aliphatic rings. The van der Waals surface area contributed by atoms with Crippen LogP contribution in [0.1, 0.15) is 0 Å². The standard InChI is InChI=1S/C17H16N2O3.ClH/c1-21-14-7-5-12(6-8-14)15-10-13-4-3-9-18-17(13)19(15)11-16(20)22-2;/h3-10H,11H2,1-2H3;1H. The summed E-state index contributed by atoms with van der Waals surface area (Å²) in [5.41, 5.74) is 2.67. The summed E-state index contributed by atoms with van der Waals surface area (Å²) < 4.78 is 11.8. The number of carbonyl (C=O) groups excluding carboxylic acids is 1. The maximum atomic E-state index is 11.7. The Bertz CT molecular complexity index is 812. The second-order valence-electron chi connectivity index (χ2n) is 4.84. The number of carbonyl (C=O) groups is 1. The predicted molar refractivity (Wildman–Crippen MR) is 91.0 cm³/mol. The van der Waals surface area contributed by atoms with Gasteiger partial charge in [-0.15, -0.1) is 12.4 Å². The minimum atomic E-state index is -0.307. The van der Waals surface area contributed by atoms with Gasteiger partial charge in [0.05, 0.1) is 19.9 Å². The van der Waals surface area contributed by atoms with Gasteiger partial charge in [0.25, 0.3) is 0 Å². The van der Waals surface area contributed by atoms with E-state index in [-0.39, 0.29) is 24.9 Å². The summed E-state index contributed by atoms with van der Waals surface area (Å²) in [7, 11) is 3.02. The van der Waals surface area contributed by atoms with E-state index in [1.165, 1.54) is 7.11 Å². The number of esters is 1. The molecule has 5 nitrogen and oxygen atoms in total. The van der Waals surface area contributed by atoms with Crippen LogP contribution in [0.25, 0.3) is 22.3 Å². The number of rotatable bonds is 4. The van der Waals surface area contributed by atoms with Crippen molar-refractivity contribution in [2.45, 2.75) is 6.54 Å². The topological polar surface area (TPSA) is 53.4 Å². The molecule has 0 aliphatic carbocycles. The average molecular weight is 333 g/mol. The van der Waals surface area contributed by atoms with Crippen LogP contribution in [-0.2, 0) is 16.1 Å². The van der Waals surface area contributed by atoms with Crippen LogP contribution in [0.4, 0.5) is 0 Å². The third-order valence-corrected chi connectivity index (χ3v) is 3.56. The van der Waals surface area contributed by atoms with Gasteiger partial charge in [-0.25, -0.2) is 4.98 Å². The van der Waals surface area contributed by atoms with Crippen molar-refractivity contribution < 1.29 is 14.3 Å². The fourth-order valence-corrected chi connectivity index (χ4v) is 2.44. The zero-order valence-electron chi connectivity index (χ0n) is 12.9. The molecule has 0 atom stereocenters. The summed E-state index contributed by atoms with van der Waals surface area (Å²) in [6.07, 6.45) is 1.72. The van der Waals surface area contributed by atoms with Crippen molar-refractivity contribution in [2.24, 2.45) is 0 Å². The molecule has 120 valence electrons. The first-order valence-electron chi connectivity index (χ1n) is 6.88. The van der Waals surface area contributed by atoms with Crippen molar-refractivity contribution in [3.63, 3.8) is 0 Å². The average Bonchev–Trinajstić information content (AvgIpc) is 2.93. The Morgan fingerprint density at radius 2 is 1.91 bits per heavy atom. The number of fused-ring (bicyclic) bond motifs is 1. The third-order valence-electron chi connectivity index (χ3n) is 3.56. The molecule has 23 heavy (non-hydrogen) atoms. The van der Waals surface area contributed by atoms with Crippen molar-refractivity contribution in [2.75, 3.05) is 14.2 Å². The second kappa shape index (κ2) is 7.15. The number of hydrogen-bond donors (Lipinski definition) is 0. The molecule has 0 aliphatic heterocycles. The van der Waals surface area contributed by atoms with Crippen LogP contribution < -0.4 is 4.74 Å². The highest BCUT2D eigenvalue weighted by Crippen LogP contribution is 2.28. The Morgan fingerprint density at radius 1 is 1.17 bits per heavy atom. The normalized spacial score (nSPS) is 10.2. The van der Waals surface area contributed by atoms with Gasteiger partial charge >= 0.3 is 5.97 Å². The Labute approximate surface area is 140 Å². The lowest BCUT2D eigenvalue weighted by atomic mass is 10.1. The van der Waals surface area contributed by atoms with Gasteiger partial charge in [-0.05, 0) is 48.0 Å². The number of hydrogen-bond acceptors (Lipinski definition) is 4. The van der Waals surface area contributed by atoms with Gasteiger partial charge in [0.1, 0.15) is 17.9 Å². The van der Waals surface area contributed by atoms with Gasteiger partial charge in [0, 0.05) is 11.6 Å². The number of benzene rings is 1. The van der Waals surface area contributed by atoms with E-state index in [0.29, 0.717) is 0 Å². The van der Waals surface area contributed by atoms with Crippen LogP contribution in [0, 0.1) is 0 Å². The van der Waals surface area contributed by atoms with E-state index in [1.54, 1.807) is 13.3 Å². The summed E-state index contributed by atoms with van der Waals surface area (Å²) in [4.78, 5) is 16.1. The highest BCUT2D eigenvalue weighted by atomic mass is 35.5. The molecule has 0 unspecified atom stereocenters. The zero-order valence-corrected chi connectivity index (χ0v) is 13.7. The quantitative estimate of drug-likeness (QED) is 0.688. The highest BCUT2D eigenvalue weighted by molar-refractivity contribution is 5.86. The monoisotopic (exact) mass is 332 g/mol. The summed E-state index contributed by atoms with van der Waals surface area (Å²) in [5, 5.41) is 0.984. The molecule has 2 heterocycles. The molecular weight excluding hydrogens is 316 g/mol. The Balaban J connectivity index is 0.00000192. The first-order chi connectivity index (χ1) is 10.7. The fraction of sp³-hybridized carbons (Fsp3) is 0.176. The van der Waals surface area contributed by atoms with Gasteiger partial charge in [-0.2, -0.15) is 0 Å². The molecule has 0 saturated carbocycles. The maximum Gasteiger partial charge on any atom is 0.325 e. The van der Waals surface area contributed by atoms with Gasteiger partial charge in [-0.1, -0.05) is 0 Å². The zero-order chi connectivity index (χ0) is 15.5. The molecule has 0 N–H and O–H groups in total. The van der Waals surface area contributed by atoms with Gasteiger partial charge in [0.15, 0.2) is 0 Å². The van der Waals surface area contributed by atoms with Crippen LogP contribution in [-0.4, -0.2) is 29.7 Å². The van der Waals surface area contributed by atoms with Crippen molar-refractivity contribution in [1.29, 1.82) is 0 Å². The molecule has 0 spiro atoms. The van der Waals surface area contributed by atoms with E-state index in [9.17, 15) is 4.79 Å². The number of ether oxygens (including phenoxy) is 2. The Kier molecular flexibility index (Phi) is 5.24. The molecule has 3 aromatic rings. The van der Waals surface area contributed by atoms with Crippen LogP contribution in [0.5, 0.6) is 5.75 Å². The molecule has 3 rings (SSSR count). The van der Waals surface area contributed by atoms with Crippen LogP contribution in [0.15, 0.2) is 48.7 Å². The predicted octanol–water partition coefficient (Wildman–Crippen LogP) is 3.31. The molecule has 2 aromatic heterocycles. The number of methoxy groups -OCH3 is 2. The van der Waals surface area contributed by atoms with Crippen molar-refractivity contribution in [3.05, 3.63) is 48.7 Å². The number of nitrogens with zero attached hydrogens (tertiary/aromatic N) is 2. The molecule has 6 heteroatoms. The number of halogens is 1. The number of aromatic nitrogens is 2. The smallest absolute Gasteiger partial charge is 0.325 e. The van der Waals surface area contributed by atoms with E-state index in [2.05, 4.69) is 4.98 Å². The summed E-state index contributed by atoms with van der Waals surface area (Å²) in [6, 6.07) is 13.6. The second-order valence-corrected chi connectivity index (χ2v) is 4.84. The SMILES string of the molecule is COC(=O)Cn1c(-c2ccc(OC)cc2)cc2cccnc21.Cl. The number of pyridine rings is 1. The van der Waals surface area contributed by atoms with Crippen molar-refractivity contribution in [3.8, 4) is 17.0 Å². The Hall–Kier alpha value is -2.53. The lowest BCUT2D eigenvalue weighted by molar-refractivity contribution is -0.141. The van der Waals surface area contributed by atoms with E-state index < -0.39 is 0 Å². The minimum Gasteiger partial charge on any atom is -0.497 e. The molecule has 0 amide bonds. The van der Waals surface area contributed by atoms with Gasteiger partial charge < -0.3 is 14.0 Å². The van der Waals surface area contributed by atoms with Gasteiger partial charge in [0.2, 0.25) is 0 Å². The fourth-order valence-electron chi connectivity index (χ4n) is 2.44. The molecular formula is C17H17ClN2O3. The van der Waals surface area contributed by atoms with E-state index in [0.717, 1.165) is 28.0 Å². The van der Waals surface area contributed by atoms with E-state index in [1.807, 2.05) is 47.0 Å². The first-order valence-corrected chi connectivity index (χ1v) is 6.88. The highest BCUT2D eigenvalue weighted by Gasteiger charge is 2.14. The lowest BCUT2D eigenvalue weighted by Crippen LogP contribution is -2.12. The molecule has 0 bridgehead atoms. The van der Waals surface area contributed by atoms with E-state index >= 15 is 0 Å².